The van der Waals surface area contributed by atoms with Crippen molar-refractivity contribution in [3.05, 3.63) is 11.8 Å². The normalized spacial score (nSPS) is 40.6. The van der Waals surface area contributed by atoms with Crippen molar-refractivity contribution >= 4 is 12.1 Å². The van der Waals surface area contributed by atoms with Gasteiger partial charge in [-0.05, 0) is 13.3 Å². The van der Waals surface area contributed by atoms with Gasteiger partial charge in [0.15, 0.2) is 0 Å². The summed E-state index contributed by atoms with van der Waals surface area (Å²) in [5.74, 6) is -0.693. The first-order valence-corrected chi connectivity index (χ1v) is 6.51. The van der Waals surface area contributed by atoms with E-state index in [0.29, 0.717) is 12.0 Å². The second-order valence-electron chi connectivity index (χ2n) is 5.38. The topological polar surface area (TPSA) is 86.4 Å². The standard InChI is InChI=1S/C13H17NO6/c1-13-8(20-13)4-6-7(10(15)17-3)5-18-11(9(6)13)19-12(16)14-2/h5-6,8-9,11H,4H2,1-3H3,(H,14,16)/t6-,8+,9-,11+,13+/m1/s1. The molecule has 1 aliphatic carbocycles. The maximum absolute atomic E-state index is 11.8. The Labute approximate surface area is 116 Å². The fraction of sp³-hybridized carbons (Fsp3) is 0.692. The van der Waals surface area contributed by atoms with Crippen molar-refractivity contribution in [3.63, 3.8) is 0 Å². The zero-order valence-corrected chi connectivity index (χ0v) is 11.5. The lowest BCUT2D eigenvalue weighted by Crippen LogP contribution is -2.44. The molecule has 7 heteroatoms. The van der Waals surface area contributed by atoms with Crippen LogP contribution in [0.25, 0.3) is 0 Å². The molecule has 0 unspecified atom stereocenters. The molecule has 2 fully saturated rings. The average molecular weight is 283 g/mol. The van der Waals surface area contributed by atoms with Gasteiger partial charge in [0.2, 0.25) is 0 Å². The minimum absolute atomic E-state index is 0.0723. The number of nitrogens with one attached hydrogen (secondary N) is 1. The largest absolute Gasteiger partial charge is 0.466 e. The molecular formula is C13H17NO6. The van der Waals surface area contributed by atoms with E-state index in [1.165, 1.54) is 20.4 Å². The Bertz CT molecular complexity index is 489. The highest BCUT2D eigenvalue weighted by molar-refractivity contribution is 5.89. The van der Waals surface area contributed by atoms with E-state index in [1.54, 1.807) is 0 Å². The molecule has 1 amide bonds. The van der Waals surface area contributed by atoms with Crippen molar-refractivity contribution in [2.45, 2.75) is 31.3 Å². The number of alkyl carbamates (subject to hydrolysis) is 1. The van der Waals surface area contributed by atoms with E-state index in [9.17, 15) is 9.59 Å². The summed E-state index contributed by atoms with van der Waals surface area (Å²) in [6, 6.07) is 0. The minimum atomic E-state index is -0.758. The maximum Gasteiger partial charge on any atom is 0.409 e. The molecule has 0 radical (unpaired) electrons. The summed E-state index contributed by atoms with van der Waals surface area (Å²) in [6.45, 7) is 1.95. The average Bonchev–Trinajstić information content (AvgIpc) is 3.00. The number of methoxy groups -OCH3 is 1. The van der Waals surface area contributed by atoms with Crippen LogP contribution in [0.3, 0.4) is 0 Å². The summed E-state index contributed by atoms with van der Waals surface area (Å²) >= 11 is 0. The molecule has 1 N–H and O–H groups in total. The van der Waals surface area contributed by atoms with Gasteiger partial charge < -0.3 is 24.3 Å². The number of carbonyl (C=O) groups excluding carboxylic acids is 2. The van der Waals surface area contributed by atoms with Crippen LogP contribution in [0.1, 0.15) is 13.3 Å². The Morgan fingerprint density at radius 2 is 2.25 bits per heavy atom. The number of rotatable bonds is 2. The highest BCUT2D eigenvalue weighted by Crippen LogP contribution is 2.60. The van der Waals surface area contributed by atoms with E-state index < -0.39 is 24.0 Å². The van der Waals surface area contributed by atoms with Crippen molar-refractivity contribution in [3.8, 4) is 0 Å². The van der Waals surface area contributed by atoms with Gasteiger partial charge in [0, 0.05) is 13.0 Å². The SMILES string of the molecule is CNC(=O)O[C@@H]1OC=C(C(=O)OC)[C@H]2C[C@@H]3O[C@]3(C)[C@@H]12. The maximum atomic E-state index is 11.8. The van der Waals surface area contributed by atoms with Crippen LogP contribution in [-0.4, -0.2) is 44.2 Å². The minimum Gasteiger partial charge on any atom is -0.466 e. The smallest absolute Gasteiger partial charge is 0.409 e. The molecule has 1 saturated carbocycles. The number of amides is 1. The van der Waals surface area contributed by atoms with Gasteiger partial charge in [0.05, 0.1) is 31.0 Å². The number of carbonyl (C=O) groups is 2. The second-order valence-corrected chi connectivity index (χ2v) is 5.38. The molecule has 2 heterocycles. The van der Waals surface area contributed by atoms with Gasteiger partial charge in [-0.3, -0.25) is 0 Å². The molecule has 7 nitrogen and oxygen atoms in total. The van der Waals surface area contributed by atoms with E-state index in [1.807, 2.05) is 6.92 Å². The number of epoxide rings is 1. The molecule has 5 atom stereocenters. The summed E-state index contributed by atoms with van der Waals surface area (Å²) in [4.78, 5) is 23.2. The third-order valence-corrected chi connectivity index (χ3v) is 4.41. The summed E-state index contributed by atoms with van der Waals surface area (Å²) in [5, 5.41) is 2.38. The van der Waals surface area contributed by atoms with Crippen LogP contribution in [0.15, 0.2) is 11.8 Å². The number of hydrogen-bond acceptors (Lipinski definition) is 6. The molecular weight excluding hydrogens is 266 g/mol. The lowest BCUT2D eigenvalue weighted by molar-refractivity contribution is -0.150. The van der Waals surface area contributed by atoms with E-state index in [-0.39, 0.29) is 17.9 Å². The summed E-state index contributed by atoms with van der Waals surface area (Å²) in [5.41, 5.74) is 0.0722. The van der Waals surface area contributed by atoms with Gasteiger partial charge in [0.25, 0.3) is 6.29 Å². The lowest BCUT2D eigenvalue weighted by atomic mass is 9.82. The molecule has 3 aliphatic rings. The molecule has 2 aliphatic heterocycles. The zero-order valence-electron chi connectivity index (χ0n) is 11.5. The van der Waals surface area contributed by atoms with Crippen molar-refractivity contribution in [2.75, 3.05) is 14.2 Å². The Hall–Kier alpha value is -1.76. The Morgan fingerprint density at radius 1 is 1.50 bits per heavy atom. The third-order valence-electron chi connectivity index (χ3n) is 4.41. The van der Waals surface area contributed by atoms with Gasteiger partial charge >= 0.3 is 12.1 Å². The van der Waals surface area contributed by atoms with Crippen LogP contribution in [0.2, 0.25) is 0 Å². The molecule has 0 aromatic heterocycles. The van der Waals surface area contributed by atoms with Gasteiger partial charge in [-0.25, -0.2) is 9.59 Å². The first kappa shape index (κ1) is 13.2. The predicted octanol–water partition coefficient (Wildman–Crippen LogP) is 0.549. The van der Waals surface area contributed by atoms with Crippen LogP contribution >= 0.6 is 0 Å². The second kappa shape index (κ2) is 4.37. The van der Waals surface area contributed by atoms with Crippen molar-refractivity contribution in [1.82, 2.24) is 5.32 Å². The summed E-state index contributed by atoms with van der Waals surface area (Å²) < 4.78 is 21.1. The predicted molar refractivity (Wildman–Crippen MR) is 65.4 cm³/mol. The fourth-order valence-corrected chi connectivity index (χ4v) is 3.30. The van der Waals surface area contributed by atoms with E-state index >= 15 is 0 Å². The quantitative estimate of drug-likeness (QED) is 0.588. The van der Waals surface area contributed by atoms with E-state index in [4.69, 9.17) is 18.9 Å². The van der Waals surface area contributed by atoms with E-state index in [2.05, 4.69) is 5.32 Å². The summed E-state index contributed by atoms with van der Waals surface area (Å²) in [6.07, 6.45) is 0.790. The Balaban J connectivity index is 1.86. The first-order chi connectivity index (χ1) is 9.51. The molecule has 0 aromatic rings. The number of hydrogen-bond donors (Lipinski definition) is 1. The highest BCUT2D eigenvalue weighted by atomic mass is 16.7. The monoisotopic (exact) mass is 283 g/mol. The first-order valence-electron chi connectivity index (χ1n) is 6.51. The number of fused-ring (bicyclic) bond motifs is 3. The molecule has 20 heavy (non-hydrogen) atoms. The molecule has 0 bridgehead atoms. The van der Waals surface area contributed by atoms with Crippen molar-refractivity contribution < 1.29 is 28.5 Å². The Morgan fingerprint density at radius 3 is 2.90 bits per heavy atom. The van der Waals surface area contributed by atoms with Crippen molar-refractivity contribution in [2.24, 2.45) is 11.8 Å². The molecule has 3 rings (SSSR count). The van der Waals surface area contributed by atoms with Crippen molar-refractivity contribution in [1.29, 1.82) is 0 Å². The van der Waals surface area contributed by atoms with Gasteiger partial charge in [-0.1, -0.05) is 0 Å². The lowest BCUT2D eigenvalue weighted by Gasteiger charge is -2.35. The van der Waals surface area contributed by atoms with Gasteiger partial charge in [-0.2, -0.15) is 0 Å². The molecule has 1 saturated heterocycles. The third kappa shape index (κ3) is 1.76. The molecule has 0 spiro atoms. The zero-order chi connectivity index (χ0) is 14.5. The van der Waals surface area contributed by atoms with Gasteiger partial charge in [0.1, 0.15) is 5.60 Å². The number of esters is 1. The Kier molecular flexibility index (Phi) is 2.89. The van der Waals surface area contributed by atoms with Crippen LogP contribution < -0.4 is 5.32 Å². The van der Waals surface area contributed by atoms with Crippen LogP contribution in [0.5, 0.6) is 0 Å². The molecule has 0 aromatic carbocycles. The highest BCUT2D eigenvalue weighted by Gasteiger charge is 2.71. The van der Waals surface area contributed by atoms with Crippen LogP contribution in [0.4, 0.5) is 4.79 Å². The summed E-state index contributed by atoms with van der Waals surface area (Å²) in [7, 11) is 2.81. The van der Waals surface area contributed by atoms with Crippen LogP contribution in [-0.2, 0) is 23.7 Å². The fourth-order valence-electron chi connectivity index (χ4n) is 3.30. The molecule has 110 valence electrons. The van der Waals surface area contributed by atoms with Gasteiger partial charge in [-0.15, -0.1) is 0 Å². The number of ether oxygens (including phenoxy) is 4. The van der Waals surface area contributed by atoms with Crippen LogP contribution in [0, 0.1) is 11.8 Å². The van der Waals surface area contributed by atoms with E-state index in [0.717, 1.165) is 0 Å².